The molecular weight excluding hydrogens is 256 g/mol. The average Bonchev–Trinajstić information content (AvgIpc) is 2.41. The lowest BCUT2D eigenvalue weighted by Gasteiger charge is -2.11. The van der Waals surface area contributed by atoms with Gasteiger partial charge >= 0.3 is 5.97 Å². The van der Waals surface area contributed by atoms with Crippen LogP contribution < -0.4 is 5.56 Å². The number of aliphatic carboxylic acids is 1. The lowest BCUT2D eigenvalue weighted by molar-refractivity contribution is -0.140. The van der Waals surface area contributed by atoms with Crippen LogP contribution in [0.1, 0.15) is 24.1 Å². The highest BCUT2D eigenvalue weighted by molar-refractivity contribution is 5.71. The molecule has 5 heteroatoms. The number of hydrogen-bond acceptors (Lipinski definition) is 3. The van der Waals surface area contributed by atoms with Crippen LogP contribution in [0.25, 0.3) is 11.3 Å². The lowest BCUT2D eigenvalue weighted by atomic mass is 10.0. The molecule has 1 aromatic heterocycles. The zero-order chi connectivity index (χ0) is 14.9. The molecule has 0 aliphatic heterocycles. The summed E-state index contributed by atoms with van der Waals surface area (Å²) in [4.78, 5) is 22.7. The Bertz CT molecular complexity index is 719. The molecule has 1 heterocycles. The summed E-state index contributed by atoms with van der Waals surface area (Å²) in [5.41, 5.74) is 3.31. The highest BCUT2D eigenvalue weighted by Gasteiger charge is 2.16. The number of rotatable bonds is 3. The largest absolute Gasteiger partial charge is 0.480 e. The number of carbonyl (C=O) groups is 1. The minimum atomic E-state index is -1.09. The molecule has 1 atom stereocenters. The van der Waals surface area contributed by atoms with Crippen LogP contribution in [0.2, 0.25) is 0 Å². The van der Waals surface area contributed by atoms with E-state index in [1.807, 2.05) is 32.0 Å². The van der Waals surface area contributed by atoms with Gasteiger partial charge in [0.25, 0.3) is 5.56 Å². The SMILES string of the molecule is Cc1ccc(-c2ccc(=O)n(C(C)C(=O)O)n2)cc1C. The van der Waals surface area contributed by atoms with Gasteiger partial charge in [-0.1, -0.05) is 12.1 Å². The van der Waals surface area contributed by atoms with Gasteiger partial charge in [-0.3, -0.25) is 4.79 Å². The molecule has 0 bridgehead atoms. The van der Waals surface area contributed by atoms with Crippen LogP contribution in [0.5, 0.6) is 0 Å². The summed E-state index contributed by atoms with van der Waals surface area (Å²) in [6, 6.07) is 7.81. The fraction of sp³-hybridized carbons (Fsp3) is 0.267. The van der Waals surface area contributed by atoms with Crippen molar-refractivity contribution in [1.29, 1.82) is 0 Å². The Balaban J connectivity index is 2.53. The summed E-state index contributed by atoms with van der Waals surface area (Å²) in [7, 11) is 0. The first-order valence-corrected chi connectivity index (χ1v) is 6.30. The van der Waals surface area contributed by atoms with Crippen LogP contribution >= 0.6 is 0 Å². The minimum absolute atomic E-state index is 0.424. The Hall–Kier alpha value is -2.43. The molecule has 1 N–H and O–H groups in total. The summed E-state index contributed by atoms with van der Waals surface area (Å²) in [5, 5.41) is 13.2. The molecule has 5 nitrogen and oxygen atoms in total. The summed E-state index contributed by atoms with van der Waals surface area (Å²) in [6.07, 6.45) is 0. The first-order valence-electron chi connectivity index (χ1n) is 6.30. The van der Waals surface area contributed by atoms with Crippen LogP contribution in [0.3, 0.4) is 0 Å². The highest BCUT2D eigenvalue weighted by atomic mass is 16.4. The molecule has 0 amide bonds. The van der Waals surface area contributed by atoms with E-state index >= 15 is 0 Å². The average molecular weight is 272 g/mol. The first kappa shape index (κ1) is 14.0. The Kier molecular flexibility index (Phi) is 3.70. The van der Waals surface area contributed by atoms with Gasteiger partial charge < -0.3 is 5.11 Å². The van der Waals surface area contributed by atoms with Crippen molar-refractivity contribution in [2.75, 3.05) is 0 Å². The normalized spacial score (nSPS) is 12.2. The number of carboxylic acid groups (broad SMARTS) is 1. The van der Waals surface area contributed by atoms with Crippen molar-refractivity contribution >= 4 is 5.97 Å². The number of aryl methyl sites for hydroxylation is 2. The van der Waals surface area contributed by atoms with Gasteiger partial charge in [0.1, 0.15) is 0 Å². The zero-order valence-electron chi connectivity index (χ0n) is 11.6. The highest BCUT2D eigenvalue weighted by Crippen LogP contribution is 2.19. The van der Waals surface area contributed by atoms with Gasteiger partial charge in [0.15, 0.2) is 6.04 Å². The van der Waals surface area contributed by atoms with E-state index in [-0.39, 0.29) is 0 Å². The molecule has 104 valence electrons. The standard InChI is InChI=1S/C15H16N2O3/c1-9-4-5-12(8-10(9)2)13-6-7-14(18)17(16-13)11(3)15(19)20/h4-8,11H,1-3H3,(H,19,20). The Morgan fingerprint density at radius 2 is 1.90 bits per heavy atom. The lowest BCUT2D eigenvalue weighted by Crippen LogP contribution is -2.29. The van der Waals surface area contributed by atoms with Crippen LogP contribution in [0, 0.1) is 13.8 Å². The van der Waals surface area contributed by atoms with Crippen molar-refractivity contribution in [3.63, 3.8) is 0 Å². The second-order valence-corrected chi connectivity index (χ2v) is 4.81. The molecule has 1 unspecified atom stereocenters. The Morgan fingerprint density at radius 3 is 2.50 bits per heavy atom. The van der Waals surface area contributed by atoms with Crippen molar-refractivity contribution in [3.05, 3.63) is 51.8 Å². The van der Waals surface area contributed by atoms with E-state index in [0.717, 1.165) is 15.8 Å². The van der Waals surface area contributed by atoms with Crippen molar-refractivity contribution in [3.8, 4) is 11.3 Å². The molecule has 20 heavy (non-hydrogen) atoms. The second kappa shape index (κ2) is 5.28. The van der Waals surface area contributed by atoms with E-state index in [0.29, 0.717) is 5.69 Å². The van der Waals surface area contributed by atoms with Gasteiger partial charge in [0.05, 0.1) is 5.69 Å². The summed E-state index contributed by atoms with van der Waals surface area (Å²) < 4.78 is 0.993. The topological polar surface area (TPSA) is 72.2 Å². The fourth-order valence-corrected chi connectivity index (χ4v) is 1.86. The number of hydrogen-bond donors (Lipinski definition) is 1. The molecule has 0 spiro atoms. The van der Waals surface area contributed by atoms with Crippen molar-refractivity contribution in [1.82, 2.24) is 9.78 Å². The van der Waals surface area contributed by atoms with Crippen LogP contribution in [0.4, 0.5) is 0 Å². The zero-order valence-corrected chi connectivity index (χ0v) is 11.6. The molecule has 0 aliphatic carbocycles. The first-order chi connectivity index (χ1) is 9.40. The van der Waals surface area contributed by atoms with Crippen LogP contribution in [-0.4, -0.2) is 20.9 Å². The van der Waals surface area contributed by atoms with E-state index in [2.05, 4.69) is 5.10 Å². The van der Waals surface area contributed by atoms with Crippen molar-refractivity contribution < 1.29 is 9.90 Å². The summed E-state index contributed by atoms with van der Waals surface area (Å²) >= 11 is 0. The Morgan fingerprint density at radius 1 is 1.20 bits per heavy atom. The Labute approximate surface area is 116 Å². The molecule has 0 aliphatic rings. The van der Waals surface area contributed by atoms with Gasteiger partial charge in [-0.2, -0.15) is 5.10 Å². The van der Waals surface area contributed by atoms with E-state index in [9.17, 15) is 9.59 Å². The third kappa shape index (κ3) is 2.61. The van der Waals surface area contributed by atoms with Crippen LogP contribution in [0.15, 0.2) is 35.1 Å². The van der Waals surface area contributed by atoms with Crippen molar-refractivity contribution in [2.24, 2.45) is 0 Å². The molecule has 2 rings (SSSR count). The minimum Gasteiger partial charge on any atom is -0.480 e. The van der Waals surface area contributed by atoms with E-state index in [4.69, 9.17) is 5.11 Å². The number of benzene rings is 1. The quantitative estimate of drug-likeness (QED) is 0.929. The maximum atomic E-state index is 11.7. The van der Waals surface area contributed by atoms with Crippen LogP contribution in [-0.2, 0) is 4.79 Å². The monoisotopic (exact) mass is 272 g/mol. The van der Waals surface area contributed by atoms with Gasteiger partial charge in [0.2, 0.25) is 0 Å². The summed E-state index contributed by atoms with van der Waals surface area (Å²) in [5.74, 6) is -1.09. The maximum Gasteiger partial charge on any atom is 0.328 e. The molecule has 1 aromatic carbocycles. The second-order valence-electron chi connectivity index (χ2n) is 4.81. The molecule has 0 radical (unpaired) electrons. The summed E-state index contributed by atoms with van der Waals surface area (Å²) in [6.45, 7) is 5.44. The van der Waals surface area contributed by atoms with Crippen molar-refractivity contribution in [2.45, 2.75) is 26.8 Å². The predicted molar refractivity (Wildman–Crippen MR) is 75.8 cm³/mol. The number of nitrogens with zero attached hydrogens (tertiary/aromatic N) is 2. The predicted octanol–water partition coefficient (Wildman–Crippen LogP) is 2.17. The van der Waals surface area contributed by atoms with Gasteiger partial charge in [0, 0.05) is 11.6 Å². The molecule has 0 fully saturated rings. The third-order valence-corrected chi connectivity index (χ3v) is 3.35. The third-order valence-electron chi connectivity index (χ3n) is 3.35. The van der Waals surface area contributed by atoms with Gasteiger partial charge in [-0.25, -0.2) is 9.48 Å². The fourth-order valence-electron chi connectivity index (χ4n) is 1.86. The number of aromatic nitrogens is 2. The van der Waals surface area contributed by atoms with Gasteiger partial charge in [-0.15, -0.1) is 0 Å². The van der Waals surface area contributed by atoms with Gasteiger partial charge in [-0.05, 0) is 44.0 Å². The maximum absolute atomic E-state index is 11.7. The van der Waals surface area contributed by atoms with E-state index in [1.54, 1.807) is 6.07 Å². The molecule has 2 aromatic rings. The molecule has 0 saturated carbocycles. The smallest absolute Gasteiger partial charge is 0.328 e. The number of carboxylic acids is 1. The molecule has 0 saturated heterocycles. The van der Waals surface area contributed by atoms with E-state index in [1.165, 1.54) is 18.6 Å². The van der Waals surface area contributed by atoms with E-state index < -0.39 is 17.6 Å². The molecular formula is C15H16N2O3.